The van der Waals surface area contributed by atoms with E-state index in [1.165, 1.54) is 5.56 Å². The van der Waals surface area contributed by atoms with Gasteiger partial charge in [-0.2, -0.15) is 0 Å². The average molecular weight is 566 g/mol. The molecule has 3 aliphatic heterocycles. The van der Waals surface area contributed by atoms with Gasteiger partial charge in [-0.1, -0.05) is 64.8 Å². The Labute approximate surface area is 244 Å². The maximum atomic E-state index is 14.1. The normalized spacial score (nSPS) is 34.0. The van der Waals surface area contributed by atoms with Gasteiger partial charge in [-0.25, -0.2) is 0 Å². The number of likely N-dealkylation sites (tertiary alicyclic amines) is 1. The molecule has 1 saturated carbocycles. The van der Waals surface area contributed by atoms with Crippen molar-refractivity contribution in [2.45, 2.75) is 103 Å². The van der Waals surface area contributed by atoms with E-state index in [0.717, 1.165) is 19.3 Å². The topological polar surface area (TPSA) is 97.0 Å². The first kappa shape index (κ1) is 29.8. The van der Waals surface area contributed by atoms with Gasteiger partial charge in [0.2, 0.25) is 17.7 Å². The maximum Gasteiger partial charge on any atom is 0.246 e. The van der Waals surface area contributed by atoms with E-state index in [1.807, 2.05) is 50.3 Å². The van der Waals surface area contributed by atoms with Crippen LogP contribution in [0.1, 0.15) is 78.7 Å². The smallest absolute Gasteiger partial charge is 0.246 e. The Morgan fingerprint density at radius 2 is 1.83 bits per heavy atom. The van der Waals surface area contributed by atoms with Crippen LogP contribution in [0.3, 0.4) is 0 Å². The van der Waals surface area contributed by atoms with Crippen molar-refractivity contribution in [3.63, 3.8) is 0 Å². The first-order valence-electron chi connectivity index (χ1n) is 15.5. The van der Waals surface area contributed by atoms with E-state index < -0.39 is 29.6 Å². The summed E-state index contributed by atoms with van der Waals surface area (Å²) in [7, 11) is 0. The Balaban J connectivity index is 1.39. The van der Waals surface area contributed by atoms with E-state index in [0.29, 0.717) is 43.0 Å². The lowest BCUT2D eigenvalue weighted by atomic mass is 9.73. The van der Waals surface area contributed by atoms with Crippen molar-refractivity contribution in [1.82, 2.24) is 10.2 Å². The Bertz CT molecular complexity index is 1160. The average Bonchev–Trinajstić information content (AvgIpc) is 3.57. The molecule has 0 aromatic heterocycles. The van der Waals surface area contributed by atoms with Crippen LogP contribution in [0.2, 0.25) is 0 Å². The van der Waals surface area contributed by atoms with Gasteiger partial charge in [0.1, 0.15) is 11.6 Å². The fourth-order valence-electron chi connectivity index (χ4n) is 7.29. The van der Waals surface area contributed by atoms with Crippen molar-refractivity contribution in [1.29, 1.82) is 0 Å². The third-order valence-electron chi connectivity index (χ3n) is 9.80. The number of amides is 3. The molecular weight excluding hydrogens is 518 g/mol. The van der Waals surface area contributed by atoms with Crippen LogP contribution in [0, 0.1) is 23.7 Å². The first-order valence-corrected chi connectivity index (χ1v) is 15.5. The predicted molar refractivity (Wildman–Crippen MR) is 158 cm³/mol. The minimum absolute atomic E-state index is 0.0541. The molecule has 0 unspecified atom stereocenters. The molecule has 3 heterocycles. The lowest BCUT2D eigenvalue weighted by Gasteiger charge is -2.38. The van der Waals surface area contributed by atoms with Crippen molar-refractivity contribution < 1.29 is 23.9 Å². The quantitative estimate of drug-likeness (QED) is 0.318. The number of fused-ring (bicyclic) bond motifs is 1. The van der Waals surface area contributed by atoms with Crippen LogP contribution in [0.4, 0.5) is 5.69 Å². The molecule has 41 heavy (non-hydrogen) atoms. The first-order chi connectivity index (χ1) is 19.5. The lowest BCUT2D eigenvalue weighted by Crippen LogP contribution is -2.58. The fourth-order valence-corrected chi connectivity index (χ4v) is 7.29. The summed E-state index contributed by atoms with van der Waals surface area (Å²) in [4.78, 5) is 43.6. The number of carbonyl (C=O) groups is 3. The van der Waals surface area contributed by atoms with Crippen LogP contribution in [-0.2, 0) is 23.9 Å². The number of nitrogens with one attached hydrogen (secondary N) is 2. The second kappa shape index (κ2) is 11.9. The maximum absolute atomic E-state index is 14.1. The molecule has 3 fully saturated rings. The molecule has 2 saturated heterocycles. The Morgan fingerprint density at radius 3 is 2.51 bits per heavy atom. The van der Waals surface area contributed by atoms with Gasteiger partial charge in [0.25, 0.3) is 0 Å². The summed E-state index contributed by atoms with van der Waals surface area (Å²) >= 11 is 0. The summed E-state index contributed by atoms with van der Waals surface area (Å²) in [5, 5.41) is 6.33. The number of rotatable bonds is 10. The Kier molecular flexibility index (Phi) is 8.63. The fraction of sp³-hybridized carbons (Fsp3) is 0.667. The van der Waals surface area contributed by atoms with Crippen molar-refractivity contribution in [3.8, 4) is 0 Å². The minimum Gasteiger partial charge on any atom is -0.379 e. The molecule has 4 aliphatic rings. The van der Waals surface area contributed by atoms with Crippen LogP contribution in [-0.4, -0.2) is 65.7 Å². The minimum atomic E-state index is -1.15. The zero-order chi connectivity index (χ0) is 29.5. The highest BCUT2D eigenvalue weighted by molar-refractivity contribution is 6.02. The van der Waals surface area contributed by atoms with Crippen LogP contribution in [0.5, 0.6) is 0 Å². The van der Waals surface area contributed by atoms with Crippen LogP contribution >= 0.6 is 0 Å². The molecule has 1 aromatic carbocycles. The molecule has 2 N–H and O–H groups in total. The van der Waals surface area contributed by atoms with Crippen LogP contribution < -0.4 is 10.6 Å². The highest BCUT2D eigenvalue weighted by Gasteiger charge is 2.72. The number of ether oxygens (including phenoxy) is 2. The second-order valence-corrected chi connectivity index (χ2v) is 13.2. The number of hydrogen-bond donors (Lipinski definition) is 2. The molecule has 5 rings (SSSR count). The van der Waals surface area contributed by atoms with E-state index in [4.69, 9.17) is 9.47 Å². The number of anilines is 1. The van der Waals surface area contributed by atoms with Crippen molar-refractivity contribution in [3.05, 3.63) is 42.0 Å². The van der Waals surface area contributed by atoms with Gasteiger partial charge >= 0.3 is 0 Å². The lowest BCUT2D eigenvalue weighted by molar-refractivity contribution is -0.142. The van der Waals surface area contributed by atoms with Gasteiger partial charge in [-0.15, -0.1) is 0 Å². The molecular formula is C33H47N3O5. The SMILES string of the molecule is CC(C)OCCCN1C(=O)[C@H]2[C@H](C(=O)Nc3ccc(C(C)C)cc3)[C@H]3C=C[C@@]2(O3)[C@@H]1C(=O)N[C@@H]1CCC[C@H](C)[C@H]1C. The number of carbonyl (C=O) groups excluding carboxylic acids is 3. The largest absolute Gasteiger partial charge is 0.379 e. The number of nitrogens with zero attached hydrogens (tertiary/aromatic N) is 1. The van der Waals surface area contributed by atoms with Crippen LogP contribution in [0.15, 0.2) is 36.4 Å². The van der Waals surface area contributed by atoms with E-state index in [2.05, 4.69) is 38.3 Å². The van der Waals surface area contributed by atoms with Crippen molar-refractivity contribution >= 4 is 23.4 Å². The molecule has 0 radical (unpaired) electrons. The van der Waals surface area contributed by atoms with Gasteiger partial charge < -0.3 is 25.0 Å². The van der Waals surface area contributed by atoms with Gasteiger partial charge in [0.15, 0.2) is 0 Å². The summed E-state index contributed by atoms with van der Waals surface area (Å²) < 4.78 is 12.2. The van der Waals surface area contributed by atoms with Gasteiger partial charge in [-0.3, -0.25) is 14.4 Å². The van der Waals surface area contributed by atoms with Gasteiger partial charge in [0, 0.05) is 24.9 Å². The summed E-state index contributed by atoms with van der Waals surface area (Å²) in [6.07, 6.45) is 7.04. The molecule has 1 spiro atoms. The molecule has 8 heteroatoms. The predicted octanol–water partition coefficient (Wildman–Crippen LogP) is 4.66. The molecule has 2 bridgehead atoms. The summed E-state index contributed by atoms with van der Waals surface area (Å²) in [6.45, 7) is 13.5. The van der Waals surface area contributed by atoms with E-state index in [1.54, 1.807) is 4.90 Å². The Morgan fingerprint density at radius 1 is 1.10 bits per heavy atom. The van der Waals surface area contributed by atoms with E-state index >= 15 is 0 Å². The van der Waals surface area contributed by atoms with Gasteiger partial charge in [-0.05, 0) is 62.1 Å². The molecule has 8 nitrogen and oxygen atoms in total. The molecule has 1 aliphatic carbocycles. The third-order valence-corrected chi connectivity index (χ3v) is 9.80. The summed E-state index contributed by atoms with van der Waals surface area (Å²) in [6, 6.07) is 7.04. The standard InChI is InChI=1S/C33H47N3O5/c1-19(2)23-11-13-24(14-12-23)34-30(37)27-26-15-16-33(41-26)28(27)32(39)36(17-8-18-40-20(3)4)29(33)31(38)35-25-10-7-9-21(5)22(25)6/h11-16,19-22,25-29H,7-10,17-18H2,1-6H3,(H,34,37)(H,35,38)/t21-,22+,25+,26+,27+,28+,29-,33-/m0/s1. The molecule has 1 aromatic rings. The third kappa shape index (κ3) is 5.57. The number of benzene rings is 1. The van der Waals surface area contributed by atoms with Crippen LogP contribution in [0.25, 0.3) is 0 Å². The number of hydrogen-bond acceptors (Lipinski definition) is 5. The zero-order valence-corrected chi connectivity index (χ0v) is 25.4. The van der Waals surface area contributed by atoms with Crippen molar-refractivity contribution in [2.75, 3.05) is 18.5 Å². The zero-order valence-electron chi connectivity index (χ0n) is 25.4. The summed E-state index contributed by atoms with van der Waals surface area (Å²) in [5.41, 5.74) is 0.715. The highest BCUT2D eigenvalue weighted by atomic mass is 16.5. The highest BCUT2D eigenvalue weighted by Crippen LogP contribution is 2.55. The van der Waals surface area contributed by atoms with E-state index in [-0.39, 0.29) is 29.9 Å². The molecule has 3 amide bonds. The van der Waals surface area contributed by atoms with Gasteiger partial charge in [0.05, 0.1) is 24.0 Å². The summed E-state index contributed by atoms with van der Waals surface area (Å²) in [5.74, 6) is -0.835. The van der Waals surface area contributed by atoms with E-state index in [9.17, 15) is 14.4 Å². The second-order valence-electron chi connectivity index (χ2n) is 13.2. The monoisotopic (exact) mass is 565 g/mol. The molecule has 8 atom stereocenters. The Hall–Kier alpha value is -2.71. The molecule has 224 valence electrons. The van der Waals surface area contributed by atoms with Crippen molar-refractivity contribution in [2.24, 2.45) is 23.7 Å².